The van der Waals surface area contributed by atoms with Crippen LogP contribution in [0.25, 0.3) is 0 Å². The van der Waals surface area contributed by atoms with Crippen molar-refractivity contribution in [3.63, 3.8) is 0 Å². The number of para-hydroxylation sites is 1. The first-order valence-electron chi connectivity index (χ1n) is 4.37. The summed E-state index contributed by atoms with van der Waals surface area (Å²) in [5, 5.41) is 7.72. The maximum atomic E-state index is 10.3. The van der Waals surface area contributed by atoms with Crippen LogP contribution in [0.2, 0.25) is 0 Å². The van der Waals surface area contributed by atoms with E-state index in [0.29, 0.717) is 0 Å². The Kier molecular flexibility index (Phi) is 6.41. The largest absolute Gasteiger partial charge is 0.524 e. The maximum absolute atomic E-state index is 10.3. The zero-order valence-corrected chi connectivity index (χ0v) is 9.50. The number of hydrogen-bond acceptors (Lipinski definition) is 3. The van der Waals surface area contributed by atoms with E-state index in [2.05, 4.69) is 4.52 Å². The summed E-state index contributed by atoms with van der Waals surface area (Å²) < 4.78 is 14.5. The summed E-state index contributed by atoms with van der Waals surface area (Å²) in [5.74, 6) is -0.578. The fourth-order valence-electron chi connectivity index (χ4n) is 0.619. The Morgan fingerprint density at radius 2 is 1.75 bits per heavy atom. The van der Waals surface area contributed by atoms with E-state index in [-0.39, 0.29) is 12.2 Å². The molecule has 1 aromatic carbocycles. The maximum Gasteiger partial charge on any atom is 0.524 e. The van der Waals surface area contributed by atoms with Gasteiger partial charge in [-0.05, 0) is 12.1 Å². The second-order valence-corrected chi connectivity index (χ2v) is 3.81. The first-order chi connectivity index (χ1) is 7.35. The number of phosphoric ester groups is 1. The number of carbonyl (C=O) groups is 1. The molecule has 0 unspecified atom stereocenters. The third-order valence-corrected chi connectivity index (χ3v) is 1.72. The van der Waals surface area contributed by atoms with Gasteiger partial charge in [0.25, 0.3) is 0 Å². The number of hydrogen-bond donors (Lipinski definition) is 3. The van der Waals surface area contributed by atoms with E-state index in [1.807, 2.05) is 0 Å². The molecule has 0 saturated heterocycles. The van der Waals surface area contributed by atoms with E-state index < -0.39 is 13.8 Å². The lowest BCUT2D eigenvalue weighted by Crippen LogP contribution is -1.88. The average molecular weight is 248 g/mol. The first kappa shape index (κ1) is 14.6. The molecule has 0 spiro atoms. The Bertz CT molecular complexity index is 358. The van der Waals surface area contributed by atoms with Crippen LogP contribution >= 0.6 is 7.82 Å². The molecular formula is C9H13O6P. The van der Waals surface area contributed by atoms with Crippen molar-refractivity contribution in [1.29, 1.82) is 0 Å². The van der Waals surface area contributed by atoms with Crippen LogP contribution in [0.4, 0.5) is 0 Å². The predicted molar refractivity (Wildman–Crippen MR) is 57.0 cm³/mol. The van der Waals surface area contributed by atoms with Gasteiger partial charge in [0.05, 0.1) is 0 Å². The van der Waals surface area contributed by atoms with Crippen LogP contribution in [0.15, 0.2) is 30.3 Å². The molecule has 0 radical (unpaired) electrons. The monoisotopic (exact) mass is 248 g/mol. The highest BCUT2D eigenvalue weighted by atomic mass is 31.2. The molecule has 0 aliphatic heterocycles. The van der Waals surface area contributed by atoms with Gasteiger partial charge in [-0.1, -0.05) is 25.1 Å². The highest BCUT2D eigenvalue weighted by Crippen LogP contribution is 2.36. The number of carboxylic acid groups (broad SMARTS) is 1. The fourth-order valence-corrected chi connectivity index (χ4v) is 1.02. The summed E-state index contributed by atoms with van der Waals surface area (Å²) in [7, 11) is -4.39. The van der Waals surface area contributed by atoms with Gasteiger partial charge in [0, 0.05) is 6.42 Å². The van der Waals surface area contributed by atoms with Crippen LogP contribution in [0.1, 0.15) is 13.3 Å². The Balaban J connectivity index is 0.000000385. The van der Waals surface area contributed by atoms with Crippen LogP contribution in [-0.4, -0.2) is 20.9 Å². The lowest BCUT2D eigenvalue weighted by molar-refractivity contribution is -0.136. The standard InChI is InChI=1S/C6H7O4P.C3H6O2/c7-11(8,9)10-6-4-2-1-3-5-6;1-2-3(4)5/h1-5H,(H2,7,8,9);2H2,1H3,(H,4,5). The van der Waals surface area contributed by atoms with Crippen molar-refractivity contribution >= 4 is 13.8 Å². The molecule has 7 heteroatoms. The fraction of sp³-hybridized carbons (Fsp3) is 0.222. The van der Waals surface area contributed by atoms with Gasteiger partial charge in [0.2, 0.25) is 0 Å². The van der Waals surface area contributed by atoms with Crippen molar-refractivity contribution in [3.05, 3.63) is 30.3 Å². The molecule has 0 atom stereocenters. The molecule has 1 aromatic rings. The van der Waals surface area contributed by atoms with Crippen LogP contribution in [0, 0.1) is 0 Å². The van der Waals surface area contributed by atoms with Crippen molar-refractivity contribution in [2.45, 2.75) is 13.3 Å². The Morgan fingerprint density at radius 3 is 2.06 bits per heavy atom. The molecule has 16 heavy (non-hydrogen) atoms. The van der Waals surface area contributed by atoms with Gasteiger partial charge in [-0.25, -0.2) is 4.57 Å². The minimum absolute atomic E-state index is 0.167. The van der Waals surface area contributed by atoms with E-state index in [1.54, 1.807) is 25.1 Å². The highest BCUT2D eigenvalue weighted by molar-refractivity contribution is 7.46. The third kappa shape index (κ3) is 9.21. The van der Waals surface area contributed by atoms with Gasteiger partial charge in [-0.3, -0.25) is 14.6 Å². The van der Waals surface area contributed by atoms with Gasteiger partial charge in [0.1, 0.15) is 5.75 Å². The molecule has 0 bridgehead atoms. The zero-order chi connectivity index (χ0) is 12.6. The topological polar surface area (TPSA) is 104 Å². The molecule has 0 amide bonds. The average Bonchev–Trinajstić information content (AvgIpc) is 2.17. The Hall–Kier alpha value is -1.36. The summed E-state index contributed by atoms with van der Waals surface area (Å²) in [5.41, 5.74) is 0. The van der Waals surface area contributed by atoms with Crippen LogP contribution < -0.4 is 4.52 Å². The van der Waals surface area contributed by atoms with Gasteiger partial charge in [0.15, 0.2) is 0 Å². The van der Waals surface area contributed by atoms with Crippen molar-refractivity contribution in [1.82, 2.24) is 0 Å². The second-order valence-electron chi connectivity index (χ2n) is 2.64. The van der Waals surface area contributed by atoms with Crippen molar-refractivity contribution < 1.29 is 28.8 Å². The molecule has 0 saturated carbocycles. The molecule has 90 valence electrons. The van der Waals surface area contributed by atoms with Crippen molar-refractivity contribution in [2.24, 2.45) is 0 Å². The summed E-state index contributed by atoms with van der Waals surface area (Å²) in [6.07, 6.45) is 0.222. The minimum atomic E-state index is -4.39. The number of benzene rings is 1. The molecule has 0 aromatic heterocycles. The SMILES string of the molecule is CCC(=O)O.O=P(O)(O)Oc1ccccc1. The number of rotatable bonds is 3. The zero-order valence-electron chi connectivity index (χ0n) is 8.61. The molecule has 3 N–H and O–H groups in total. The van der Waals surface area contributed by atoms with Gasteiger partial charge in [-0.2, -0.15) is 0 Å². The van der Waals surface area contributed by atoms with E-state index in [1.165, 1.54) is 12.1 Å². The molecular weight excluding hydrogens is 235 g/mol. The lowest BCUT2D eigenvalue weighted by Gasteiger charge is -2.04. The van der Waals surface area contributed by atoms with Gasteiger partial charge >= 0.3 is 13.8 Å². The number of aliphatic carboxylic acids is 1. The van der Waals surface area contributed by atoms with Crippen molar-refractivity contribution in [3.8, 4) is 5.75 Å². The highest BCUT2D eigenvalue weighted by Gasteiger charge is 2.14. The third-order valence-electron chi connectivity index (χ3n) is 1.27. The summed E-state index contributed by atoms with van der Waals surface area (Å²) in [4.78, 5) is 26.1. The van der Waals surface area contributed by atoms with Gasteiger partial charge < -0.3 is 9.63 Å². The summed E-state index contributed by atoms with van der Waals surface area (Å²) in [6.45, 7) is 1.60. The molecule has 0 aliphatic rings. The normalized spacial score (nSPS) is 9.94. The van der Waals surface area contributed by atoms with Crippen LogP contribution in [-0.2, 0) is 9.36 Å². The number of carboxylic acids is 1. The van der Waals surface area contributed by atoms with Crippen LogP contribution in [0.3, 0.4) is 0 Å². The van der Waals surface area contributed by atoms with E-state index >= 15 is 0 Å². The first-order valence-corrected chi connectivity index (χ1v) is 5.90. The predicted octanol–water partition coefficient (Wildman–Crippen LogP) is 1.64. The molecule has 6 nitrogen and oxygen atoms in total. The Labute approximate surface area is 92.7 Å². The quantitative estimate of drug-likeness (QED) is 0.702. The lowest BCUT2D eigenvalue weighted by atomic mass is 10.3. The molecule has 0 heterocycles. The van der Waals surface area contributed by atoms with Gasteiger partial charge in [-0.15, -0.1) is 0 Å². The number of phosphoric acid groups is 1. The van der Waals surface area contributed by atoms with Crippen molar-refractivity contribution in [2.75, 3.05) is 0 Å². The molecule has 0 aliphatic carbocycles. The minimum Gasteiger partial charge on any atom is -0.481 e. The summed E-state index contributed by atoms with van der Waals surface area (Å²) in [6, 6.07) is 7.93. The van der Waals surface area contributed by atoms with E-state index in [4.69, 9.17) is 14.9 Å². The molecule has 1 rings (SSSR count). The Morgan fingerprint density at radius 1 is 1.31 bits per heavy atom. The van der Waals surface area contributed by atoms with E-state index in [0.717, 1.165) is 0 Å². The second kappa shape index (κ2) is 7.00. The summed E-state index contributed by atoms with van der Waals surface area (Å²) >= 11 is 0. The smallest absolute Gasteiger partial charge is 0.481 e. The van der Waals surface area contributed by atoms with Crippen LogP contribution in [0.5, 0.6) is 5.75 Å². The van der Waals surface area contributed by atoms with E-state index in [9.17, 15) is 9.36 Å². The molecule has 0 fully saturated rings.